The first-order chi connectivity index (χ1) is 12.1. The predicted octanol–water partition coefficient (Wildman–Crippen LogP) is 1.89. The van der Waals surface area contributed by atoms with E-state index in [0.717, 1.165) is 44.7 Å². The molecule has 6 nitrogen and oxygen atoms in total. The van der Waals surface area contributed by atoms with E-state index in [1.54, 1.807) is 4.90 Å². The SMILES string of the molecule is CCNC(=NCCc1ccc(CC)cc1)NC1CCN(C(N)=O)CC1. The maximum atomic E-state index is 11.2. The van der Waals surface area contributed by atoms with Crippen molar-refractivity contribution in [3.63, 3.8) is 0 Å². The lowest BCUT2D eigenvalue weighted by molar-refractivity contribution is 0.188. The third kappa shape index (κ3) is 6.29. The summed E-state index contributed by atoms with van der Waals surface area (Å²) in [5.41, 5.74) is 8.01. The Morgan fingerprint density at radius 3 is 2.40 bits per heavy atom. The zero-order valence-electron chi connectivity index (χ0n) is 15.4. The molecule has 0 aliphatic carbocycles. The van der Waals surface area contributed by atoms with Gasteiger partial charge in [0, 0.05) is 32.2 Å². The number of nitrogens with two attached hydrogens (primary N) is 1. The van der Waals surface area contributed by atoms with E-state index in [1.807, 2.05) is 0 Å². The number of hydrogen-bond donors (Lipinski definition) is 3. The summed E-state index contributed by atoms with van der Waals surface area (Å²) in [5, 5.41) is 6.78. The van der Waals surface area contributed by atoms with E-state index in [0.29, 0.717) is 19.1 Å². The Labute approximate surface area is 150 Å². The maximum absolute atomic E-state index is 11.2. The summed E-state index contributed by atoms with van der Waals surface area (Å²) in [4.78, 5) is 17.6. The monoisotopic (exact) mass is 345 g/mol. The Bertz CT molecular complexity index is 562. The third-order valence-electron chi connectivity index (χ3n) is 4.59. The number of benzene rings is 1. The maximum Gasteiger partial charge on any atom is 0.314 e. The number of carbonyl (C=O) groups is 1. The number of piperidine rings is 1. The number of urea groups is 1. The molecule has 2 rings (SSSR count). The summed E-state index contributed by atoms with van der Waals surface area (Å²) in [6, 6.07) is 8.76. The number of hydrogen-bond acceptors (Lipinski definition) is 2. The molecule has 0 bridgehead atoms. The van der Waals surface area contributed by atoms with Crippen LogP contribution in [0.4, 0.5) is 4.79 Å². The molecule has 0 unspecified atom stereocenters. The summed E-state index contributed by atoms with van der Waals surface area (Å²) in [6.45, 7) is 7.22. The number of rotatable bonds is 6. The van der Waals surface area contributed by atoms with Crippen LogP contribution in [0.3, 0.4) is 0 Å². The molecule has 1 saturated heterocycles. The van der Waals surface area contributed by atoms with E-state index in [2.05, 4.69) is 53.7 Å². The fourth-order valence-electron chi connectivity index (χ4n) is 3.00. The smallest absolute Gasteiger partial charge is 0.314 e. The molecule has 1 aromatic carbocycles. The second kappa shape index (κ2) is 9.91. The highest BCUT2D eigenvalue weighted by molar-refractivity contribution is 5.80. The number of amides is 2. The minimum atomic E-state index is -0.326. The van der Waals surface area contributed by atoms with Crippen LogP contribution in [-0.2, 0) is 12.8 Å². The van der Waals surface area contributed by atoms with Crippen molar-refractivity contribution >= 4 is 12.0 Å². The summed E-state index contributed by atoms with van der Waals surface area (Å²) in [5.74, 6) is 0.852. The largest absolute Gasteiger partial charge is 0.357 e. The van der Waals surface area contributed by atoms with E-state index in [-0.39, 0.29) is 6.03 Å². The molecule has 25 heavy (non-hydrogen) atoms. The Kier molecular flexibility index (Phi) is 7.57. The fourth-order valence-corrected chi connectivity index (χ4v) is 3.00. The van der Waals surface area contributed by atoms with Gasteiger partial charge in [-0.1, -0.05) is 31.2 Å². The first kappa shape index (κ1) is 19.1. The van der Waals surface area contributed by atoms with Crippen molar-refractivity contribution in [1.29, 1.82) is 0 Å². The first-order valence-electron chi connectivity index (χ1n) is 9.29. The molecule has 0 radical (unpaired) electrons. The van der Waals surface area contributed by atoms with E-state index < -0.39 is 0 Å². The molecule has 138 valence electrons. The van der Waals surface area contributed by atoms with Gasteiger partial charge in [-0.15, -0.1) is 0 Å². The molecule has 0 saturated carbocycles. The lowest BCUT2D eigenvalue weighted by Gasteiger charge is -2.32. The molecule has 0 aromatic heterocycles. The molecule has 1 fully saturated rings. The molecule has 6 heteroatoms. The van der Waals surface area contributed by atoms with Crippen LogP contribution in [0, 0.1) is 0 Å². The van der Waals surface area contributed by atoms with E-state index in [4.69, 9.17) is 5.73 Å². The topological polar surface area (TPSA) is 82.8 Å². The number of primary amides is 1. The van der Waals surface area contributed by atoms with Crippen LogP contribution in [0.1, 0.15) is 37.8 Å². The fraction of sp³-hybridized carbons (Fsp3) is 0.579. The highest BCUT2D eigenvalue weighted by Crippen LogP contribution is 2.10. The number of likely N-dealkylation sites (tertiary alicyclic amines) is 1. The Balaban J connectivity index is 1.82. The summed E-state index contributed by atoms with van der Waals surface area (Å²) in [7, 11) is 0. The first-order valence-corrected chi connectivity index (χ1v) is 9.29. The van der Waals surface area contributed by atoms with Crippen molar-refractivity contribution in [1.82, 2.24) is 15.5 Å². The van der Waals surface area contributed by atoms with Crippen LogP contribution in [0.5, 0.6) is 0 Å². The zero-order chi connectivity index (χ0) is 18.1. The Hall–Kier alpha value is -2.24. The van der Waals surface area contributed by atoms with Gasteiger partial charge >= 0.3 is 6.03 Å². The third-order valence-corrected chi connectivity index (χ3v) is 4.59. The molecular formula is C19H31N5O. The lowest BCUT2D eigenvalue weighted by Crippen LogP contribution is -2.50. The van der Waals surface area contributed by atoms with Crippen molar-refractivity contribution in [3.05, 3.63) is 35.4 Å². The van der Waals surface area contributed by atoms with Gasteiger partial charge in [-0.05, 0) is 43.7 Å². The minimum absolute atomic E-state index is 0.326. The van der Waals surface area contributed by atoms with Gasteiger partial charge in [-0.3, -0.25) is 4.99 Å². The van der Waals surface area contributed by atoms with Gasteiger partial charge in [0.2, 0.25) is 0 Å². The molecule has 1 heterocycles. The van der Waals surface area contributed by atoms with Crippen LogP contribution in [0.15, 0.2) is 29.3 Å². The second-order valence-corrected chi connectivity index (χ2v) is 6.42. The van der Waals surface area contributed by atoms with Gasteiger partial charge in [0.1, 0.15) is 0 Å². The Morgan fingerprint density at radius 1 is 1.20 bits per heavy atom. The van der Waals surface area contributed by atoms with E-state index >= 15 is 0 Å². The van der Waals surface area contributed by atoms with Crippen molar-refractivity contribution in [2.45, 2.75) is 45.6 Å². The van der Waals surface area contributed by atoms with Crippen LogP contribution < -0.4 is 16.4 Å². The molecule has 2 amide bonds. The number of guanidine groups is 1. The predicted molar refractivity (Wildman–Crippen MR) is 103 cm³/mol. The minimum Gasteiger partial charge on any atom is -0.357 e. The molecule has 1 aliphatic rings. The molecule has 4 N–H and O–H groups in total. The number of aryl methyl sites for hydroxylation is 1. The number of carbonyl (C=O) groups excluding carboxylic acids is 1. The van der Waals surface area contributed by atoms with Crippen LogP contribution in [-0.4, -0.2) is 49.1 Å². The van der Waals surface area contributed by atoms with Gasteiger partial charge < -0.3 is 21.3 Å². The standard InChI is InChI=1S/C19H31N5O/c1-3-15-5-7-16(8-6-15)9-12-22-19(21-4-2)23-17-10-13-24(14-11-17)18(20)25/h5-8,17H,3-4,9-14H2,1-2H3,(H2,20,25)(H2,21,22,23). The quantitative estimate of drug-likeness (QED) is 0.544. The number of nitrogens with one attached hydrogen (secondary N) is 2. The highest BCUT2D eigenvalue weighted by atomic mass is 16.2. The van der Waals surface area contributed by atoms with Crippen LogP contribution in [0.25, 0.3) is 0 Å². The van der Waals surface area contributed by atoms with Gasteiger partial charge in [0.05, 0.1) is 0 Å². The average Bonchev–Trinajstić information content (AvgIpc) is 2.63. The van der Waals surface area contributed by atoms with Crippen molar-refractivity contribution < 1.29 is 4.79 Å². The second-order valence-electron chi connectivity index (χ2n) is 6.42. The van der Waals surface area contributed by atoms with Crippen molar-refractivity contribution in [2.24, 2.45) is 10.7 Å². The van der Waals surface area contributed by atoms with E-state index in [9.17, 15) is 4.79 Å². The zero-order valence-corrected chi connectivity index (χ0v) is 15.4. The summed E-state index contributed by atoms with van der Waals surface area (Å²) < 4.78 is 0. The molecule has 1 aliphatic heterocycles. The Morgan fingerprint density at radius 2 is 1.84 bits per heavy atom. The molecule has 0 spiro atoms. The lowest BCUT2D eigenvalue weighted by atomic mass is 10.1. The average molecular weight is 345 g/mol. The van der Waals surface area contributed by atoms with Crippen LogP contribution >= 0.6 is 0 Å². The number of nitrogens with zero attached hydrogens (tertiary/aromatic N) is 2. The van der Waals surface area contributed by atoms with Gasteiger partial charge in [0.25, 0.3) is 0 Å². The van der Waals surface area contributed by atoms with Crippen molar-refractivity contribution in [3.8, 4) is 0 Å². The molecule has 0 atom stereocenters. The number of aliphatic imine (C=N–C) groups is 1. The van der Waals surface area contributed by atoms with E-state index in [1.165, 1.54) is 11.1 Å². The normalized spacial score (nSPS) is 15.9. The van der Waals surface area contributed by atoms with Crippen molar-refractivity contribution in [2.75, 3.05) is 26.2 Å². The summed E-state index contributed by atoms with van der Waals surface area (Å²) in [6.07, 6.45) is 3.79. The van der Waals surface area contributed by atoms with Gasteiger partial charge in [-0.2, -0.15) is 0 Å². The molecule has 1 aromatic rings. The van der Waals surface area contributed by atoms with Gasteiger partial charge in [-0.25, -0.2) is 4.79 Å². The van der Waals surface area contributed by atoms with Gasteiger partial charge in [0.15, 0.2) is 5.96 Å². The molecular weight excluding hydrogens is 314 g/mol. The highest BCUT2D eigenvalue weighted by Gasteiger charge is 2.21. The summed E-state index contributed by atoms with van der Waals surface area (Å²) >= 11 is 0. The van der Waals surface area contributed by atoms with Crippen LogP contribution in [0.2, 0.25) is 0 Å².